The maximum absolute atomic E-state index is 11.8. The number of thiophene rings is 1. The van der Waals surface area contributed by atoms with Gasteiger partial charge >= 0.3 is 5.97 Å². The zero-order valence-corrected chi connectivity index (χ0v) is 15.6. The van der Waals surface area contributed by atoms with Gasteiger partial charge in [-0.15, -0.1) is 11.3 Å². The molecular formula is C21H20O4S. The standard InChI is InChI=1S/C21H20O4S/c1-12-9-18-16(11-17(12)24-2)19(20(26-18)21(22)23)25-15-8-7-13-5-3-4-6-14(13)10-15/h7-11H,3-6H2,1-2H3,(H,22,23). The number of rotatable bonds is 4. The Morgan fingerprint density at radius 3 is 2.62 bits per heavy atom. The summed E-state index contributed by atoms with van der Waals surface area (Å²) >= 11 is 1.23. The van der Waals surface area contributed by atoms with E-state index in [2.05, 4.69) is 12.1 Å². The molecule has 0 aliphatic heterocycles. The molecule has 134 valence electrons. The summed E-state index contributed by atoms with van der Waals surface area (Å²) < 4.78 is 12.4. The summed E-state index contributed by atoms with van der Waals surface area (Å²) in [5.74, 6) is 0.831. The van der Waals surface area contributed by atoms with E-state index in [4.69, 9.17) is 9.47 Å². The van der Waals surface area contributed by atoms with Crippen LogP contribution in [0.15, 0.2) is 30.3 Å². The second-order valence-corrected chi connectivity index (χ2v) is 7.68. The average molecular weight is 368 g/mol. The van der Waals surface area contributed by atoms with Crippen molar-refractivity contribution in [3.8, 4) is 17.2 Å². The number of hydrogen-bond donors (Lipinski definition) is 1. The smallest absolute Gasteiger partial charge is 0.349 e. The van der Waals surface area contributed by atoms with Crippen LogP contribution in [0.25, 0.3) is 10.1 Å². The first-order chi connectivity index (χ1) is 12.6. The second kappa shape index (κ2) is 6.65. The molecule has 0 atom stereocenters. The van der Waals surface area contributed by atoms with Crippen molar-refractivity contribution < 1.29 is 19.4 Å². The third-order valence-electron chi connectivity index (χ3n) is 4.89. The third kappa shape index (κ3) is 2.92. The molecule has 1 aliphatic carbocycles. The van der Waals surface area contributed by atoms with Crippen LogP contribution in [0.1, 0.15) is 39.2 Å². The Morgan fingerprint density at radius 2 is 1.88 bits per heavy atom. The molecule has 3 aromatic rings. The number of carbonyl (C=O) groups is 1. The van der Waals surface area contributed by atoms with Crippen molar-refractivity contribution in [2.24, 2.45) is 0 Å². The Hall–Kier alpha value is -2.53. The van der Waals surface area contributed by atoms with Crippen LogP contribution in [-0.2, 0) is 12.8 Å². The van der Waals surface area contributed by atoms with Crippen LogP contribution in [0.3, 0.4) is 0 Å². The van der Waals surface area contributed by atoms with Gasteiger partial charge in [-0.2, -0.15) is 0 Å². The first-order valence-corrected chi connectivity index (χ1v) is 9.52. The third-order valence-corrected chi connectivity index (χ3v) is 6.02. The van der Waals surface area contributed by atoms with Crippen molar-refractivity contribution in [1.82, 2.24) is 0 Å². The van der Waals surface area contributed by atoms with Crippen LogP contribution in [0.4, 0.5) is 0 Å². The van der Waals surface area contributed by atoms with Crippen LogP contribution < -0.4 is 9.47 Å². The van der Waals surface area contributed by atoms with Gasteiger partial charge in [0.05, 0.1) is 7.11 Å². The van der Waals surface area contributed by atoms with E-state index in [1.807, 2.05) is 25.1 Å². The van der Waals surface area contributed by atoms with E-state index in [-0.39, 0.29) is 4.88 Å². The molecule has 26 heavy (non-hydrogen) atoms. The lowest BCUT2D eigenvalue weighted by molar-refractivity contribution is 0.0700. The van der Waals surface area contributed by atoms with Gasteiger partial charge in [0.2, 0.25) is 0 Å². The molecular weight excluding hydrogens is 348 g/mol. The molecule has 0 amide bonds. The first kappa shape index (κ1) is 16.9. The summed E-state index contributed by atoms with van der Waals surface area (Å²) in [6.45, 7) is 1.95. The molecule has 0 unspecified atom stereocenters. The monoisotopic (exact) mass is 368 g/mol. The molecule has 5 heteroatoms. The van der Waals surface area contributed by atoms with Crippen molar-refractivity contribution in [3.63, 3.8) is 0 Å². The molecule has 2 aromatic carbocycles. The Labute approximate surface area is 156 Å². The maximum Gasteiger partial charge on any atom is 0.349 e. The predicted molar refractivity (Wildman–Crippen MR) is 103 cm³/mol. The van der Waals surface area contributed by atoms with Crippen LogP contribution in [0, 0.1) is 6.92 Å². The van der Waals surface area contributed by atoms with Gasteiger partial charge in [0, 0.05) is 10.1 Å². The Kier molecular flexibility index (Phi) is 4.32. The molecule has 0 saturated heterocycles. The van der Waals surface area contributed by atoms with Crippen LogP contribution in [0.2, 0.25) is 0 Å². The normalized spacial score (nSPS) is 13.5. The molecule has 4 rings (SSSR count). The SMILES string of the molecule is COc1cc2c(Oc3ccc4c(c3)CCCC4)c(C(=O)O)sc2cc1C. The Balaban J connectivity index is 1.81. The van der Waals surface area contributed by atoms with Gasteiger partial charge in [-0.1, -0.05) is 6.07 Å². The van der Waals surface area contributed by atoms with Gasteiger partial charge in [-0.3, -0.25) is 0 Å². The summed E-state index contributed by atoms with van der Waals surface area (Å²) in [5.41, 5.74) is 3.65. The van der Waals surface area contributed by atoms with E-state index in [0.717, 1.165) is 34.2 Å². The van der Waals surface area contributed by atoms with Crippen LogP contribution in [-0.4, -0.2) is 18.2 Å². The first-order valence-electron chi connectivity index (χ1n) is 8.71. The minimum Gasteiger partial charge on any atom is -0.496 e. The highest BCUT2D eigenvalue weighted by Crippen LogP contribution is 2.43. The number of carboxylic acids is 1. The quantitative estimate of drug-likeness (QED) is 0.652. The number of aromatic carboxylic acids is 1. The Morgan fingerprint density at radius 1 is 1.12 bits per heavy atom. The van der Waals surface area contributed by atoms with Crippen LogP contribution in [0.5, 0.6) is 17.2 Å². The second-order valence-electron chi connectivity index (χ2n) is 6.62. The van der Waals surface area contributed by atoms with Gasteiger partial charge in [0.15, 0.2) is 10.6 Å². The van der Waals surface area contributed by atoms with Crippen molar-refractivity contribution in [3.05, 3.63) is 51.9 Å². The molecule has 4 nitrogen and oxygen atoms in total. The average Bonchev–Trinajstić information content (AvgIpc) is 2.98. The van der Waals surface area contributed by atoms with Crippen molar-refractivity contribution in [1.29, 1.82) is 0 Å². The minimum atomic E-state index is -0.976. The van der Waals surface area contributed by atoms with E-state index in [1.54, 1.807) is 7.11 Å². The van der Waals surface area contributed by atoms with Gasteiger partial charge in [-0.05, 0) is 73.6 Å². The predicted octanol–water partition coefficient (Wildman–Crippen LogP) is 5.59. The van der Waals surface area contributed by atoms with Crippen molar-refractivity contribution in [2.75, 3.05) is 7.11 Å². The van der Waals surface area contributed by atoms with Gasteiger partial charge < -0.3 is 14.6 Å². The van der Waals surface area contributed by atoms with E-state index in [1.165, 1.54) is 35.3 Å². The van der Waals surface area contributed by atoms with Crippen molar-refractivity contribution in [2.45, 2.75) is 32.6 Å². The number of fused-ring (bicyclic) bond motifs is 2. The summed E-state index contributed by atoms with van der Waals surface area (Å²) in [4.78, 5) is 12.0. The number of aryl methyl sites for hydroxylation is 3. The van der Waals surface area contributed by atoms with Gasteiger partial charge in [0.1, 0.15) is 11.5 Å². The lowest BCUT2D eigenvalue weighted by Gasteiger charge is -2.17. The van der Waals surface area contributed by atoms with Crippen LogP contribution >= 0.6 is 11.3 Å². The lowest BCUT2D eigenvalue weighted by atomic mass is 9.92. The zero-order valence-electron chi connectivity index (χ0n) is 14.8. The molecule has 1 heterocycles. The molecule has 0 radical (unpaired) electrons. The zero-order chi connectivity index (χ0) is 18.3. The van der Waals surface area contributed by atoms with E-state index in [0.29, 0.717) is 11.5 Å². The summed E-state index contributed by atoms with van der Waals surface area (Å²) in [6.07, 6.45) is 4.57. The molecule has 1 N–H and O–H groups in total. The Bertz CT molecular complexity index is 1000. The fourth-order valence-corrected chi connectivity index (χ4v) is 4.60. The largest absolute Gasteiger partial charge is 0.496 e. The molecule has 0 spiro atoms. The number of hydrogen-bond acceptors (Lipinski definition) is 4. The summed E-state index contributed by atoms with van der Waals surface area (Å²) in [7, 11) is 1.61. The fourth-order valence-electron chi connectivity index (χ4n) is 3.56. The number of ether oxygens (including phenoxy) is 2. The molecule has 0 fully saturated rings. The van der Waals surface area contributed by atoms with E-state index < -0.39 is 5.97 Å². The number of benzene rings is 2. The molecule has 0 bridgehead atoms. The highest BCUT2D eigenvalue weighted by atomic mass is 32.1. The highest BCUT2D eigenvalue weighted by Gasteiger charge is 2.22. The minimum absolute atomic E-state index is 0.213. The van der Waals surface area contributed by atoms with Crippen molar-refractivity contribution >= 4 is 27.4 Å². The topological polar surface area (TPSA) is 55.8 Å². The van der Waals surface area contributed by atoms with E-state index >= 15 is 0 Å². The molecule has 0 saturated carbocycles. The maximum atomic E-state index is 11.8. The number of methoxy groups -OCH3 is 1. The summed E-state index contributed by atoms with van der Waals surface area (Å²) in [5, 5.41) is 10.4. The van der Waals surface area contributed by atoms with Gasteiger partial charge in [-0.25, -0.2) is 4.79 Å². The summed E-state index contributed by atoms with van der Waals surface area (Å²) in [6, 6.07) is 9.90. The lowest BCUT2D eigenvalue weighted by Crippen LogP contribution is -2.02. The highest BCUT2D eigenvalue weighted by molar-refractivity contribution is 7.21. The van der Waals surface area contributed by atoms with Gasteiger partial charge in [0.25, 0.3) is 0 Å². The number of carboxylic acid groups (broad SMARTS) is 1. The van der Waals surface area contributed by atoms with E-state index in [9.17, 15) is 9.90 Å². The fraction of sp³-hybridized carbons (Fsp3) is 0.286. The molecule has 1 aliphatic rings. The molecule has 1 aromatic heterocycles.